The molecule has 3 aromatic rings. The highest BCUT2D eigenvalue weighted by molar-refractivity contribution is 5.87. The third-order valence-electron chi connectivity index (χ3n) is 4.80. The lowest BCUT2D eigenvalue weighted by atomic mass is 9.98. The van der Waals surface area contributed by atoms with Crippen molar-refractivity contribution in [2.24, 2.45) is 0 Å². The van der Waals surface area contributed by atoms with E-state index in [9.17, 15) is 14.7 Å². The molecular weight excluding hydrogens is 356 g/mol. The molecule has 0 aliphatic carbocycles. The molecule has 1 unspecified atom stereocenters. The molecule has 3 rings (SSSR count). The number of carbonyl (C=O) groups is 2. The number of fused-ring (bicyclic) bond motifs is 1. The Hall–Kier alpha value is -3.28. The summed E-state index contributed by atoms with van der Waals surface area (Å²) in [6.45, 7) is 1.70. The maximum atomic E-state index is 11.8. The number of amides is 1. The van der Waals surface area contributed by atoms with Crippen molar-refractivity contribution < 1.29 is 19.4 Å². The molecule has 0 saturated heterocycles. The van der Waals surface area contributed by atoms with Crippen molar-refractivity contribution in [1.82, 2.24) is 10.3 Å². The molecule has 28 heavy (non-hydrogen) atoms. The zero-order valence-electron chi connectivity index (χ0n) is 16.0. The quantitative estimate of drug-likeness (QED) is 0.559. The minimum absolute atomic E-state index is 0.219. The molecule has 0 fully saturated rings. The zero-order chi connectivity index (χ0) is 20.1. The van der Waals surface area contributed by atoms with Crippen LogP contribution in [0.25, 0.3) is 10.9 Å². The Morgan fingerprint density at radius 1 is 1.14 bits per heavy atom. The van der Waals surface area contributed by atoms with E-state index >= 15 is 0 Å². The number of nitrogens with one attached hydrogen (secondary N) is 2. The van der Waals surface area contributed by atoms with Gasteiger partial charge < -0.3 is 20.1 Å². The lowest BCUT2D eigenvalue weighted by Crippen LogP contribution is -2.42. The van der Waals surface area contributed by atoms with Crippen LogP contribution < -0.4 is 10.1 Å². The molecule has 0 aliphatic heterocycles. The van der Waals surface area contributed by atoms with E-state index in [2.05, 4.69) is 10.3 Å². The van der Waals surface area contributed by atoms with Crippen LogP contribution in [0.15, 0.2) is 48.5 Å². The smallest absolute Gasteiger partial charge is 0.326 e. The van der Waals surface area contributed by atoms with Gasteiger partial charge in [0.15, 0.2) is 0 Å². The molecule has 6 nitrogen and oxygen atoms in total. The standard InChI is InChI=1S/C22H24N2O4/c1-3-21(25)24-20(22(26)27)13-17-16-6-4-5-7-18(16)23-19(17)12-14-8-10-15(28-2)11-9-14/h4-11,20,23H,3,12-13H2,1-2H3,(H,24,25)(H,26,27). The van der Waals surface area contributed by atoms with Crippen LogP contribution in [0.2, 0.25) is 0 Å². The average molecular weight is 380 g/mol. The third kappa shape index (κ3) is 4.34. The predicted octanol–water partition coefficient (Wildman–Crippen LogP) is 3.29. The first-order valence-corrected chi connectivity index (χ1v) is 9.25. The number of hydrogen-bond acceptors (Lipinski definition) is 3. The first-order chi connectivity index (χ1) is 13.5. The number of hydrogen-bond donors (Lipinski definition) is 3. The summed E-state index contributed by atoms with van der Waals surface area (Å²) in [4.78, 5) is 26.9. The van der Waals surface area contributed by atoms with Gasteiger partial charge >= 0.3 is 5.97 Å². The van der Waals surface area contributed by atoms with Gasteiger partial charge in [-0.1, -0.05) is 37.3 Å². The first kappa shape index (κ1) is 19.5. The van der Waals surface area contributed by atoms with Crippen molar-refractivity contribution >= 4 is 22.8 Å². The van der Waals surface area contributed by atoms with E-state index in [1.54, 1.807) is 14.0 Å². The van der Waals surface area contributed by atoms with Crippen LogP contribution in [0.1, 0.15) is 30.2 Å². The van der Waals surface area contributed by atoms with Crippen LogP contribution >= 0.6 is 0 Å². The number of benzene rings is 2. The number of carbonyl (C=O) groups excluding carboxylic acids is 1. The van der Waals surface area contributed by atoms with E-state index in [-0.39, 0.29) is 18.7 Å². The maximum Gasteiger partial charge on any atom is 0.326 e. The molecule has 146 valence electrons. The van der Waals surface area contributed by atoms with Crippen molar-refractivity contribution in [1.29, 1.82) is 0 Å². The van der Waals surface area contributed by atoms with Gasteiger partial charge in [-0.25, -0.2) is 4.79 Å². The van der Waals surface area contributed by atoms with Gasteiger partial charge in [-0.05, 0) is 29.3 Å². The van der Waals surface area contributed by atoms with E-state index in [0.29, 0.717) is 6.42 Å². The first-order valence-electron chi connectivity index (χ1n) is 9.25. The van der Waals surface area contributed by atoms with Gasteiger partial charge in [0.1, 0.15) is 11.8 Å². The molecule has 0 radical (unpaired) electrons. The van der Waals surface area contributed by atoms with Crippen LogP contribution in [0.5, 0.6) is 5.75 Å². The molecule has 0 bridgehead atoms. The van der Waals surface area contributed by atoms with Crippen LogP contribution in [-0.2, 0) is 22.4 Å². The van der Waals surface area contributed by atoms with Gasteiger partial charge in [0.25, 0.3) is 0 Å². The number of aromatic amines is 1. The molecule has 0 aliphatic rings. The van der Waals surface area contributed by atoms with E-state index in [1.807, 2.05) is 48.5 Å². The van der Waals surface area contributed by atoms with Crippen LogP contribution in [0, 0.1) is 0 Å². The Bertz CT molecular complexity index is 976. The number of aliphatic carboxylic acids is 1. The Labute approximate surface area is 163 Å². The number of aromatic nitrogens is 1. The van der Waals surface area contributed by atoms with Gasteiger partial charge in [-0.15, -0.1) is 0 Å². The second-order valence-corrected chi connectivity index (χ2v) is 6.67. The molecule has 1 heterocycles. The van der Waals surface area contributed by atoms with Gasteiger partial charge in [0.05, 0.1) is 7.11 Å². The lowest BCUT2D eigenvalue weighted by Gasteiger charge is -2.15. The summed E-state index contributed by atoms with van der Waals surface area (Å²) in [6.07, 6.45) is 1.09. The van der Waals surface area contributed by atoms with Crippen LogP contribution in [-0.4, -0.2) is 35.1 Å². The highest BCUT2D eigenvalue weighted by Gasteiger charge is 2.23. The normalized spacial score (nSPS) is 11.9. The lowest BCUT2D eigenvalue weighted by molar-refractivity contribution is -0.141. The Morgan fingerprint density at radius 3 is 2.50 bits per heavy atom. The van der Waals surface area contributed by atoms with Crippen molar-refractivity contribution in [2.45, 2.75) is 32.2 Å². The van der Waals surface area contributed by atoms with Crippen LogP contribution in [0.3, 0.4) is 0 Å². The number of para-hydroxylation sites is 1. The second kappa shape index (κ2) is 8.61. The van der Waals surface area contributed by atoms with Gasteiger partial charge in [-0.2, -0.15) is 0 Å². The largest absolute Gasteiger partial charge is 0.497 e. The monoisotopic (exact) mass is 380 g/mol. The molecule has 1 atom stereocenters. The zero-order valence-corrected chi connectivity index (χ0v) is 16.0. The maximum absolute atomic E-state index is 11.8. The second-order valence-electron chi connectivity index (χ2n) is 6.67. The number of H-pyrrole nitrogens is 1. The van der Waals surface area contributed by atoms with E-state index in [1.165, 1.54) is 0 Å². The summed E-state index contributed by atoms with van der Waals surface area (Å²) in [6, 6.07) is 14.6. The topological polar surface area (TPSA) is 91.4 Å². The van der Waals surface area contributed by atoms with E-state index < -0.39 is 12.0 Å². The minimum Gasteiger partial charge on any atom is -0.497 e. The predicted molar refractivity (Wildman–Crippen MR) is 108 cm³/mol. The summed E-state index contributed by atoms with van der Waals surface area (Å²) in [7, 11) is 1.63. The fourth-order valence-corrected chi connectivity index (χ4v) is 3.29. The van der Waals surface area contributed by atoms with Gasteiger partial charge in [0, 0.05) is 35.9 Å². The molecule has 1 amide bonds. The Morgan fingerprint density at radius 2 is 1.86 bits per heavy atom. The highest BCUT2D eigenvalue weighted by atomic mass is 16.5. The summed E-state index contributed by atoms with van der Waals surface area (Å²) in [5.41, 5.74) is 3.89. The average Bonchev–Trinajstić information content (AvgIpc) is 3.04. The van der Waals surface area contributed by atoms with Crippen molar-refractivity contribution in [3.8, 4) is 5.75 Å². The number of carboxylic acid groups (broad SMARTS) is 1. The highest BCUT2D eigenvalue weighted by Crippen LogP contribution is 2.26. The Balaban J connectivity index is 1.95. The Kier molecular flexibility index (Phi) is 5.99. The molecule has 0 spiro atoms. The number of ether oxygens (including phenoxy) is 1. The molecule has 0 saturated carbocycles. The van der Waals surface area contributed by atoms with Crippen molar-refractivity contribution in [3.63, 3.8) is 0 Å². The third-order valence-corrected chi connectivity index (χ3v) is 4.80. The number of carboxylic acids is 1. The van der Waals surface area contributed by atoms with E-state index in [0.717, 1.165) is 33.5 Å². The summed E-state index contributed by atoms with van der Waals surface area (Å²) in [5, 5.41) is 13.2. The van der Waals surface area contributed by atoms with Gasteiger partial charge in [0.2, 0.25) is 5.91 Å². The number of methoxy groups -OCH3 is 1. The summed E-state index contributed by atoms with van der Waals surface area (Å²) in [5.74, 6) is -0.528. The van der Waals surface area contributed by atoms with E-state index in [4.69, 9.17) is 4.74 Å². The minimum atomic E-state index is -1.04. The molecular formula is C22H24N2O4. The fourth-order valence-electron chi connectivity index (χ4n) is 3.29. The molecule has 6 heteroatoms. The summed E-state index contributed by atoms with van der Waals surface area (Å²) >= 11 is 0. The van der Waals surface area contributed by atoms with Crippen molar-refractivity contribution in [3.05, 3.63) is 65.4 Å². The van der Waals surface area contributed by atoms with Crippen LogP contribution in [0.4, 0.5) is 0 Å². The molecule has 2 aromatic carbocycles. The number of rotatable bonds is 8. The molecule has 3 N–H and O–H groups in total. The SMILES string of the molecule is CCC(=O)NC(Cc1c(Cc2ccc(OC)cc2)[nH]c2ccccc12)C(=O)O. The fraction of sp³-hybridized carbons (Fsp3) is 0.273. The van der Waals surface area contributed by atoms with Gasteiger partial charge in [-0.3, -0.25) is 4.79 Å². The molecule has 1 aromatic heterocycles. The van der Waals surface area contributed by atoms with Crippen molar-refractivity contribution in [2.75, 3.05) is 7.11 Å². The summed E-state index contributed by atoms with van der Waals surface area (Å²) < 4.78 is 5.20.